The summed E-state index contributed by atoms with van der Waals surface area (Å²) in [5.41, 5.74) is 3.61. The first-order valence-electron chi connectivity index (χ1n) is 5.36. The minimum atomic E-state index is 1.06. The fourth-order valence-electron chi connectivity index (χ4n) is 2.25. The second-order valence-corrected chi connectivity index (χ2v) is 4.08. The molecular formula is C14H12N2. The molecule has 0 saturated heterocycles. The van der Waals surface area contributed by atoms with Crippen molar-refractivity contribution in [2.75, 3.05) is 0 Å². The van der Waals surface area contributed by atoms with Crippen molar-refractivity contribution in [1.82, 2.24) is 9.97 Å². The Morgan fingerprint density at radius 2 is 1.62 bits per heavy atom. The van der Waals surface area contributed by atoms with Gasteiger partial charge in [-0.05, 0) is 35.7 Å². The summed E-state index contributed by atoms with van der Waals surface area (Å²) in [5.74, 6) is 0. The first-order chi connectivity index (χ1) is 7.79. The molecule has 3 aromatic rings. The topological polar surface area (TPSA) is 25.8 Å². The van der Waals surface area contributed by atoms with Crippen molar-refractivity contribution in [3.8, 4) is 0 Å². The molecule has 0 spiro atoms. The van der Waals surface area contributed by atoms with E-state index >= 15 is 0 Å². The average molecular weight is 208 g/mol. The summed E-state index contributed by atoms with van der Waals surface area (Å²) in [5, 5.41) is 3.67. The molecule has 0 radical (unpaired) electrons. The summed E-state index contributed by atoms with van der Waals surface area (Å²) >= 11 is 0. The molecule has 0 saturated carbocycles. The zero-order chi connectivity index (χ0) is 11.1. The molecular weight excluding hydrogens is 196 g/mol. The summed E-state index contributed by atoms with van der Waals surface area (Å²) in [7, 11) is 0. The van der Waals surface area contributed by atoms with Gasteiger partial charge in [0.25, 0.3) is 0 Å². The molecule has 0 aliphatic heterocycles. The van der Waals surface area contributed by atoms with Crippen molar-refractivity contribution < 1.29 is 0 Å². The molecule has 16 heavy (non-hydrogen) atoms. The Balaban J connectivity index is 2.69. The molecule has 0 bridgehead atoms. The van der Waals surface area contributed by atoms with Crippen LogP contribution in [0.15, 0.2) is 36.8 Å². The fourth-order valence-corrected chi connectivity index (χ4v) is 2.25. The Morgan fingerprint density at radius 3 is 2.44 bits per heavy atom. The number of aryl methyl sites for hydroxylation is 2. The molecule has 0 atom stereocenters. The second kappa shape index (κ2) is 3.27. The standard InChI is InChI=1S/C14H12N2/c1-9-10(2)14-13(7-15-8-16-14)12-6-4-3-5-11(9)12/h3-8H,1-2H3. The van der Waals surface area contributed by atoms with Crippen LogP contribution in [0.1, 0.15) is 11.1 Å². The van der Waals surface area contributed by atoms with E-state index in [1.807, 2.05) is 6.20 Å². The zero-order valence-electron chi connectivity index (χ0n) is 9.36. The molecule has 3 rings (SSSR count). The summed E-state index contributed by atoms with van der Waals surface area (Å²) < 4.78 is 0. The molecule has 1 aromatic heterocycles. The molecule has 0 N–H and O–H groups in total. The number of hydrogen-bond donors (Lipinski definition) is 0. The fraction of sp³-hybridized carbons (Fsp3) is 0.143. The number of aromatic nitrogens is 2. The van der Waals surface area contributed by atoms with E-state index in [2.05, 4.69) is 48.1 Å². The smallest absolute Gasteiger partial charge is 0.116 e. The van der Waals surface area contributed by atoms with E-state index < -0.39 is 0 Å². The highest BCUT2D eigenvalue weighted by Gasteiger charge is 2.08. The van der Waals surface area contributed by atoms with Crippen LogP contribution in [0.4, 0.5) is 0 Å². The third-order valence-electron chi connectivity index (χ3n) is 3.25. The third kappa shape index (κ3) is 1.13. The molecule has 0 amide bonds. The van der Waals surface area contributed by atoms with Gasteiger partial charge in [0, 0.05) is 11.6 Å². The number of nitrogens with zero attached hydrogens (tertiary/aromatic N) is 2. The molecule has 0 aliphatic carbocycles. The summed E-state index contributed by atoms with van der Waals surface area (Å²) in [6.07, 6.45) is 3.51. The minimum absolute atomic E-state index is 1.06. The predicted octanol–water partition coefficient (Wildman–Crippen LogP) is 3.40. The zero-order valence-corrected chi connectivity index (χ0v) is 9.36. The lowest BCUT2D eigenvalue weighted by atomic mass is 9.97. The summed E-state index contributed by atoms with van der Waals surface area (Å²) in [6.45, 7) is 4.27. The quantitative estimate of drug-likeness (QED) is 0.529. The van der Waals surface area contributed by atoms with Crippen LogP contribution in [0.2, 0.25) is 0 Å². The van der Waals surface area contributed by atoms with Crippen LogP contribution in [0.25, 0.3) is 21.7 Å². The molecule has 2 nitrogen and oxygen atoms in total. The van der Waals surface area contributed by atoms with Crippen LogP contribution < -0.4 is 0 Å². The molecule has 2 aromatic carbocycles. The Labute approximate surface area is 94.0 Å². The van der Waals surface area contributed by atoms with Gasteiger partial charge < -0.3 is 0 Å². The van der Waals surface area contributed by atoms with Crippen molar-refractivity contribution in [2.24, 2.45) is 0 Å². The highest BCUT2D eigenvalue weighted by atomic mass is 14.8. The largest absolute Gasteiger partial charge is 0.244 e. The van der Waals surface area contributed by atoms with E-state index in [1.54, 1.807) is 6.33 Å². The lowest BCUT2D eigenvalue weighted by Gasteiger charge is -2.09. The van der Waals surface area contributed by atoms with Crippen LogP contribution >= 0.6 is 0 Å². The number of fused-ring (bicyclic) bond motifs is 3. The predicted molar refractivity (Wildman–Crippen MR) is 66.5 cm³/mol. The maximum Gasteiger partial charge on any atom is 0.116 e. The van der Waals surface area contributed by atoms with Gasteiger partial charge in [0.1, 0.15) is 6.33 Å². The molecule has 1 heterocycles. The SMILES string of the molecule is Cc1c(C)c2ncncc2c2ccccc12. The Morgan fingerprint density at radius 1 is 0.875 bits per heavy atom. The van der Waals surface area contributed by atoms with E-state index in [-0.39, 0.29) is 0 Å². The van der Waals surface area contributed by atoms with E-state index in [9.17, 15) is 0 Å². The lowest BCUT2D eigenvalue weighted by molar-refractivity contribution is 1.21. The van der Waals surface area contributed by atoms with Crippen LogP contribution in [0, 0.1) is 13.8 Å². The Kier molecular flexibility index (Phi) is 1.90. The van der Waals surface area contributed by atoms with Crippen LogP contribution in [-0.4, -0.2) is 9.97 Å². The normalized spacial score (nSPS) is 11.1. The maximum absolute atomic E-state index is 4.38. The maximum atomic E-state index is 4.38. The monoisotopic (exact) mass is 208 g/mol. The van der Waals surface area contributed by atoms with Crippen molar-refractivity contribution in [1.29, 1.82) is 0 Å². The van der Waals surface area contributed by atoms with E-state index in [1.165, 1.54) is 21.9 Å². The number of hydrogen-bond acceptors (Lipinski definition) is 2. The summed E-state index contributed by atoms with van der Waals surface area (Å²) in [4.78, 5) is 8.50. The molecule has 2 heteroatoms. The first kappa shape index (κ1) is 9.28. The van der Waals surface area contributed by atoms with Crippen molar-refractivity contribution in [3.05, 3.63) is 47.9 Å². The highest BCUT2D eigenvalue weighted by molar-refractivity contribution is 6.08. The van der Waals surface area contributed by atoms with Crippen molar-refractivity contribution in [2.45, 2.75) is 13.8 Å². The Bertz CT molecular complexity index is 626. The lowest BCUT2D eigenvalue weighted by Crippen LogP contribution is -1.91. The number of rotatable bonds is 0. The van der Waals surface area contributed by atoms with Gasteiger partial charge in [0.05, 0.1) is 5.52 Å². The van der Waals surface area contributed by atoms with Gasteiger partial charge in [-0.1, -0.05) is 24.3 Å². The second-order valence-electron chi connectivity index (χ2n) is 4.08. The minimum Gasteiger partial charge on any atom is -0.244 e. The summed E-state index contributed by atoms with van der Waals surface area (Å²) in [6, 6.07) is 8.42. The highest BCUT2D eigenvalue weighted by Crippen LogP contribution is 2.29. The first-order valence-corrected chi connectivity index (χ1v) is 5.36. The van der Waals surface area contributed by atoms with Gasteiger partial charge in [-0.25, -0.2) is 9.97 Å². The van der Waals surface area contributed by atoms with E-state index in [0.717, 1.165) is 10.9 Å². The molecule has 78 valence electrons. The molecule has 0 unspecified atom stereocenters. The van der Waals surface area contributed by atoms with E-state index in [4.69, 9.17) is 0 Å². The number of benzene rings is 2. The van der Waals surface area contributed by atoms with Gasteiger partial charge in [0.15, 0.2) is 0 Å². The Hall–Kier alpha value is -1.96. The van der Waals surface area contributed by atoms with Gasteiger partial charge in [-0.2, -0.15) is 0 Å². The van der Waals surface area contributed by atoms with Crippen LogP contribution in [0.5, 0.6) is 0 Å². The van der Waals surface area contributed by atoms with Gasteiger partial charge >= 0.3 is 0 Å². The van der Waals surface area contributed by atoms with E-state index in [0.29, 0.717) is 0 Å². The van der Waals surface area contributed by atoms with Gasteiger partial charge in [-0.3, -0.25) is 0 Å². The van der Waals surface area contributed by atoms with Crippen molar-refractivity contribution in [3.63, 3.8) is 0 Å². The molecule has 0 aliphatic rings. The van der Waals surface area contributed by atoms with Crippen LogP contribution in [0.3, 0.4) is 0 Å². The average Bonchev–Trinajstić information content (AvgIpc) is 2.36. The van der Waals surface area contributed by atoms with Gasteiger partial charge in [0.2, 0.25) is 0 Å². The molecule has 0 fully saturated rings. The third-order valence-corrected chi connectivity index (χ3v) is 3.25. The van der Waals surface area contributed by atoms with Gasteiger partial charge in [-0.15, -0.1) is 0 Å². The van der Waals surface area contributed by atoms with Crippen LogP contribution in [-0.2, 0) is 0 Å². The van der Waals surface area contributed by atoms with Crippen molar-refractivity contribution >= 4 is 21.7 Å².